The van der Waals surface area contributed by atoms with Gasteiger partial charge >= 0.3 is 0 Å². The fraction of sp³-hybridized carbons (Fsp3) is 0.308. The molecule has 1 aromatic heterocycles. The number of nitrogens with zero attached hydrogens (tertiary/aromatic N) is 1. The maximum atomic E-state index is 13.7. The molecule has 0 radical (unpaired) electrons. The highest BCUT2D eigenvalue weighted by Gasteiger charge is 2.09. The second-order valence-electron chi connectivity index (χ2n) is 4.38. The molecule has 1 aromatic carbocycles. The SMILES string of the molecule is CC(N)CCc1ncc(-c2cc(Br)ccc2F)[nH]1. The first-order valence-corrected chi connectivity index (χ1v) is 6.60. The number of hydrogen-bond donors (Lipinski definition) is 2. The van der Waals surface area contributed by atoms with E-state index in [1.54, 1.807) is 18.3 Å². The van der Waals surface area contributed by atoms with Crippen LogP contribution in [0.25, 0.3) is 11.3 Å². The molecule has 0 saturated carbocycles. The van der Waals surface area contributed by atoms with Gasteiger partial charge in [0.15, 0.2) is 0 Å². The van der Waals surface area contributed by atoms with E-state index in [4.69, 9.17) is 5.73 Å². The van der Waals surface area contributed by atoms with Crippen molar-refractivity contribution >= 4 is 15.9 Å². The molecule has 0 amide bonds. The van der Waals surface area contributed by atoms with Crippen molar-refractivity contribution in [3.8, 4) is 11.3 Å². The van der Waals surface area contributed by atoms with Gasteiger partial charge in [0, 0.05) is 22.5 Å². The highest BCUT2D eigenvalue weighted by atomic mass is 79.9. The minimum atomic E-state index is -0.263. The summed E-state index contributed by atoms with van der Waals surface area (Å²) in [5, 5.41) is 0. The molecule has 0 saturated heterocycles. The minimum Gasteiger partial charge on any atom is -0.342 e. The first-order valence-electron chi connectivity index (χ1n) is 5.81. The van der Waals surface area contributed by atoms with Crippen LogP contribution in [0.1, 0.15) is 19.2 Å². The lowest BCUT2D eigenvalue weighted by Crippen LogP contribution is -2.15. The maximum absolute atomic E-state index is 13.7. The Hall–Kier alpha value is -1.20. The highest BCUT2D eigenvalue weighted by Crippen LogP contribution is 2.24. The summed E-state index contributed by atoms with van der Waals surface area (Å²) in [6.45, 7) is 1.96. The molecular formula is C13H15BrFN3. The monoisotopic (exact) mass is 311 g/mol. The smallest absolute Gasteiger partial charge is 0.132 e. The molecule has 0 aliphatic carbocycles. The third-order valence-electron chi connectivity index (χ3n) is 2.68. The predicted molar refractivity (Wildman–Crippen MR) is 73.7 cm³/mol. The molecule has 0 bridgehead atoms. The fourth-order valence-corrected chi connectivity index (χ4v) is 2.06. The molecule has 2 aromatic rings. The molecule has 0 fully saturated rings. The van der Waals surface area contributed by atoms with Crippen LogP contribution in [0.3, 0.4) is 0 Å². The maximum Gasteiger partial charge on any atom is 0.132 e. The highest BCUT2D eigenvalue weighted by molar-refractivity contribution is 9.10. The van der Waals surface area contributed by atoms with Gasteiger partial charge in [-0.25, -0.2) is 9.37 Å². The third-order valence-corrected chi connectivity index (χ3v) is 3.18. The Bertz CT molecular complexity index is 537. The van der Waals surface area contributed by atoms with Gasteiger partial charge in [-0.1, -0.05) is 15.9 Å². The zero-order valence-corrected chi connectivity index (χ0v) is 11.7. The van der Waals surface area contributed by atoms with Crippen molar-refractivity contribution in [2.24, 2.45) is 5.73 Å². The summed E-state index contributed by atoms with van der Waals surface area (Å²) in [6.07, 6.45) is 3.28. The zero-order valence-electron chi connectivity index (χ0n) is 10.1. The number of benzene rings is 1. The van der Waals surface area contributed by atoms with Gasteiger partial charge in [0.2, 0.25) is 0 Å². The van der Waals surface area contributed by atoms with Gasteiger partial charge in [0.1, 0.15) is 11.6 Å². The molecule has 0 aliphatic rings. The van der Waals surface area contributed by atoms with Crippen molar-refractivity contribution in [3.63, 3.8) is 0 Å². The van der Waals surface area contributed by atoms with Crippen molar-refractivity contribution < 1.29 is 4.39 Å². The normalized spacial score (nSPS) is 12.7. The number of halogens is 2. The lowest BCUT2D eigenvalue weighted by molar-refractivity contribution is 0.630. The molecule has 3 N–H and O–H groups in total. The van der Waals surface area contributed by atoms with E-state index in [1.165, 1.54) is 6.07 Å². The standard InChI is InChI=1S/C13H15BrFN3/c1-8(16)2-5-13-17-7-12(18-13)10-6-9(14)3-4-11(10)15/h3-4,6-8H,2,5,16H2,1H3,(H,17,18). The summed E-state index contributed by atoms with van der Waals surface area (Å²) in [5.74, 6) is 0.572. The molecule has 0 spiro atoms. The first kappa shape index (κ1) is 13.2. The number of rotatable bonds is 4. The van der Waals surface area contributed by atoms with Crippen molar-refractivity contribution in [1.82, 2.24) is 9.97 Å². The van der Waals surface area contributed by atoms with Gasteiger partial charge in [0.05, 0.1) is 11.9 Å². The lowest BCUT2D eigenvalue weighted by Gasteiger charge is -2.02. The van der Waals surface area contributed by atoms with Gasteiger partial charge in [-0.2, -0.15) is 0 Å². The van der Waals surface area contributed by atoms with Crippen LogP contribution >= 0.6 is 15.9 Å². The number of nitrogens with two attached hydrogens (primary N) is 1. The number of nitrogens with one attached hydrogen (secondary N) is 1. The largest absolute Gasteiger partial charge is 0.342 e. The third kappa shape index (κ3) is 3.17. The van der Waals surface area contributed by atoms with Gasteiger partial charge in [-0.05, 0) is 31.5 Å². The Balaban J connectivity index is 2.21. The van der Waals surface area contributed by atoms with Crippen LogP contribution in [-0.4, -0.2) is 16.0 Å². The number of aromatic amines is 1. The number of hydrogen-bond acceptors (Lipinski definition) is 2. The second kappa shape index (κ2) is 5.63. The molecule has 18 heavy (non-hydrogen) atoms. The molecule has 1 unspecified atom stereocenters. The van der Waals surface area contributed by atoms with E-state index in [0.717, 1.165) is 23.1 Å². The molecule has 96 valence electrons. The molecular weight excluding hydrogens is 297 g/mol. The molecule has 2 rings (SSSR count). The van der Waals surface area contributed by atoms with Crippen LogP contribution < -0.4 is 5.73 Å². The molecule has 0 aliphatic heterocycles. The van der Waals surface area contributed by atoms with Crippen LogP contribution in [-0.2, 0) is 6.42 Å². The average molecular weight is 312 g/mol. The van der Waals surface area contributed by atoms with Crippen LogP contribution in [0.2, 0.25) is 0 Å². The van der Waals surface area contributed by atoms with E-state index in [0.29, 0.717) is 11.3 Å². The summed E-state index contributed by atoms with van der Waals surface area (Å²) in [5.41, 5.74) is 6.90. The predicted octanol–water partition coefficient (Wildman–Crippen LogP) is 3.26. The van der Waals surface area contributed by atoms with Crippen LogP contribution in [0.4, 0.5) is 4.39 Å². The van der Waals surface area contributed by atoms with E-state index in [-0.39, 0.29) is 11.9 Å². The molecule has 1 atom stereocenters. The Morgan fingerprint density at radius 1 is 1.50 bits per heavy atom. The number of H-pyrrole nitrogens is 1. The van der Waals surface area contributed by atoms with Gasteiger partial charge < -0.3 is 10.7 Å². The van der Waals surface area contributed by atoms with E-state index in [1.807, 2.05) is 6.92 Å². The Kier molecular flexibility index (Phi) is 4.14. The zero-order chi connectivity index (χ0) is 13.1. The topological polar surface area (TPSA) is 54.7 Å². The van der Waals surface area contributed by atoms with Crippen molar-refractivity contribution in [3.05, 3.63) is 40.5 Å². The Morgan fingerprint density at radius 3 is 3.00 bits per heavy atom. The molecule has 5 heteroatoms. The van der Waals surface area contributed by atoms with E-state index in [9.17, 15) is 4.39 Å². The summed E-state index contributed by atoms with van der Waals surface area (Å²) in [6, 6.07) is 4.98. The van der Waals surface area contributed by atoms with E-state index in [2.05, 4.69) is 25.9 Å². The summed E-state index contributed by atoms with van der Waals surface area (Å²) in [7, 11) is 0. The fourth-order valence-electron chi connectivity index (χ4n) is 1.69. The van der Waals surface area contributed by atoms with Gasteiger partial charge in [-0.3, -0.25) is 0 Å². The van der Waals surface area contributed by atoms with E-state index >= 15 is 0 Å². The van der Waals surface area contributed by atoms with Gasteiger partial charge in [0.25, 0.3) is 0 Å². The first-order chi connectivity index (χ1) is 8.56. The summed E-state index contributed by atoms with van der Waals surface area (Å²) >= 11 is 3.33. The van der Waals surface area contributed by atoms with E-state index < -0.39 is 0 Å². The average Bonchev–Trinajstić information content (AvgIpc) is 2.78. The second-order valence-corrected chi connectivity index (χ2v) is 5.30. The summed E-state index contributed by atoms with van der Waals surface area (Å²) in [4.78, 5) is 7.37. The van der Waals surface area contributed by atoms with Crippen LogP contribution in [0, 0.1) is 5.82 Å². The van der Waals surface area contributed by atoms with Crippen LogP contribution in [0.15, 0.2) is 28.9 Å². The van der Waals surface area contributed by atoms with Crippen molar-refractivity contribution in [1.29, 1.82) is 0 Å². The quantitative estimate of drug-likeness (QED) is 0.910. The molecule has 3 nitrogen and oxygen atoms in total. The van der Waals surface area contributed by atoms with Crippen LogP contribution in [0.5, 0.6) is 0 Å². The molecule has 1 heterocycles. The minimum absolute atomic E-state index is 0.140. The number of aryl methyl sites for hydroxylation is 1. The number of aromatic nitrogens is 2. The summed E-state index contributed by atoms with van der Waals surface area (Å²) < 4.78 is 14.5. The van der Waals surface area contributed by atoms with Crippen molar-refractivity contribution in [2.45, 2.75) is 25.8 Å². The Morgan fingerprint density at radius 2 is 2.28 bits per heavy atom. The van der Waals surface area contributed by atoms with Crippen molar-refractivity contribution in [2.75, 3.05) is 0 Å². The lowest BCUT2D eigenvalue weighted by atomic mass is 10.1. The van der Waals surface area contributed by atoms with Gasteiger partial charge in [-0.15, -0.1) is 0 Å². The number of imidazole rings is 1. The Labute approximate surface area is 114 Å².